The van der Waals surface area contributed by atoms with Crippen LogP contribution in [0.25, 0.3) is 0 Å². The summed E-state index contributed by atoms with van der Waals surface area (Å²) in [4.78, 5) is 14.0. The molecular formula is C14H19FN2O3S. The number of carbonyl (C=O) groups excluding carboxylic acids is 1. The van der Waals surface area contributed by atoms with Crippen LogP contribution in [0, 0.1) is 12.7 Å². The number of nitrogens with one attached hydrogen (secondary N) is 1. The van der Waals surface area contributed by atoms with Gasteiger partial charge in [-0.05, 0) is 50.5 Å². The first kappa shape index (κ1) is 15.9. The zero-order valence-electron chi connectivity index (χ0n) is 12.1. The molecule has 0 saturated carbocycles. The third-order valence-electron chi connectivity index (χ3n) is 3.59. The first-order valence-corrected chi connectivity index (χ1v) is 8.57. The third-order valence-corrected chi connectivity index (χ3v) is 4.99. The van der Waals surface area contributed by atoms with Crippen LogP contribution in [0.1, 0.15) is 25.3 Å². The highest BCUT2D eigenvalue weighted by Crippen LogP contribution is 2.25. The second-order valence-corrected chi connectivity index (χ2v) is 7.18. The first-order valence-electron chi connectivity index (χ1n) is 6.91. The molecule has 0 aliphatic carbocycles. The summed E-state index contributed by atoms with van der Waals surface area (Å²) in [6.45, 7) is 3.76. The Morgan fingerprint density at radius 3 is 2.76 bits per heavy atom. The van der Waals surface area contributed by atoms with E-state index in [0.29, 0.717) is 30.6 Å². The lowest BCUT2D eigenvalue weighted by Crippen LogP contribution is -2.52. The summed E-state index contributed by atoms with van der Waals surface area (Å²) in [5.41, 5.74) is 1.28. The normalized spacial score (nSPS) is 19.9. The largest absolute Gasteiger partial charge is 0.311 e. The third kappa shape index (κ3) is 3.59. The van der Waals surface area contributed by atoms with Crippen molar-refractivity contribution in [2.75, 3.05) is 17.2 Å². The summed E-state index contributed by atoms with van der Waals surface area (Å²) < 4.78 is 38.9. The molecule has 1 aromatic carbocycles. The van der Waals surface area contributed by atoms with Crippen molar-refractivity contribution in [3.63, 3.8) is 0 Å². The predicted octanol–water partition coefficient (Wildman–Crippen LogP) is 1.57. The Balaban J connectivity index is 2.24. The molecule has 1 saturated heterocycles. The Labute approximate surface area is 124 Å². The summed E-state index contributed by atoms with van der Waals surface area (Å²) in [7, 11) is -3.43. The van der Waals surface area contributed by atoms with Gasteiger partial charge in [-0.25, -0.2) is 17.5 Å². The number of hydrogen-bond acceptors (Lipinski definition) is 3. The Kier molecular flexibility index (Phi) is 4.63. The van der Waals surface area contributed by atoms with Gasteiger partial charge in [0.1, 0.15) is 11.9 Å². The molecule has 0 unspecified atom stereocenters. The van der Waals surface area contributed by atoms with E-state index in [0.717, 1.165) is 0 Å². The van der Waals surface area contributed by atoms with Crippen LogP contribution < -0.4 is 9.62 Å². The Morgan fingerprint density at radius 1 is 1.43 bits per heavy atom. The van der Waals surface area contributed by atoms with Gasteiger partial charge in [0.25, 0.3) is 0 Å². The smallest absolute Gasteiger partial charge is 0.245 e. The van der Waals surface area contributed by atoms with Gasteiger partial charge >= 0.3 is 0 Å². The van der Waals surface area contributed by atoms with E-state index in [2.05, 4.69) is 4.72 Å². The lowest BCUT2D eigenvalue weighted by Gasteiger charge is -2.33. The van der Waals surface area contributed by atoms with Gasteiger partial charge in [0.2, 0.25) is 15.9 Å². The zero-order valence-corrected chi connectivity index (χ0v) is 12.9. The Bertz CT molecular complexity index is 646. The quantitative estimate of drug-likeness (QED) is 0.917. The molecule has 7 heteroatoms. The highest BCUT2D eigenvalue weighted by atomic mass is 32.2. The van der Waals surface area contributed by atoms with Crippen molar-refractivity contribution in [3.05, 3.63) is 29.6 Å². The van der Waals surface area contributed by atoms with E-state index in [4.69, 9.17) is 0 Å². The van der Waals surface area contributed by atoms with Gasteiger partial charge in [-0.15, -0.1) is 0 Å². The van der Waals surface area contributed by atoms with Crippen LogP contribution in [0.2, 0.25) is 0 Å². The number of halogens is 1. The summed E-state index contributed by atoms with van der Waals surface area (Å²) in [6.07, 6.45) is 1.17. The molecule has 0 radical (unpaired) electrons. The van der Waals surface area contributed by atoms with E-state index >= 15 is 0 Å². The second-order valence-electron chi connectivity index (χ2n) is 5.14. The van der Waals surface area contributed by atoms with Crippen molar-refractivity contribution in [3.8, 4) is 0 Å². The standard InChI is InChI=1S/C14H19FN2O3S/c1-3-21(19,20)16-12-5-4-8-17(14(12)18)13-7-6-11(15)9-10(13)2/h6-7,9,12,16H,3-5,8H2,1-2H3/t12-/m1/s1. The van der Waals surface area contributed by atoms with Gasteiger partial charge in [-0.3, -0.25) is 4.79 Å². The minimum Gasteiger partial charge on any atom is -0.311 e. The predicted molar refractivity (Wildman–Crippen MR) is 79.1 cm³/mol. The molecule has 1 aliphatic rings. The average molecular weight is 314 g/mol. The minimum absolute atomic E-state index is 0.0631. The lowest BCUT2D eigenvalue weighted by molar-refractivity contribution is -0.121. The molecule has 1 atom stereocenters. The molecule has 21 heavy (non-hydrogen) atoms. The van der Waals surface area contributed by atoms with Gasteiger partial charge < -0.3 is 4.90 Å². The monoisotopic (exact) mass is 314 g/mol. The molecule has 1 N–H and O–H groups in total. The Morgan fingerprint density at radius 2 is 2.14 bits per heavy atom. The molecular weight excluding hydrogens is 295 g/mol. The summed E-state index contributed by atoms with van der Waals surface area (Å²) in [6, 6.07) is 3.48. The van der Waals surface area contributed by atoms with Crippen LogP contribution in [-0.4, -0.2) is 32.7 Å². The number of rotatable bonds is 4. The van der Waals surface area contributed by atoms with Crippen LogP contribution in [0.4, 0.5) is 10.1 Å². The highest BCUT2D eigenvalue weighted by Gasteiger charge is 2.32. The van der Waals surface area contributed by atoms with Crippen molar-refractivity contribution in [2.45, 2.75) is 32.7 Å². The number of anilines is 1. The van der Waals surface area contributed by atoms with Crippen molar-refractivity contribution in [2.24, 2.45) is 0 Å². The molecule has 5 nitrogen and oxygen atoms in total. The number of benzene rings is 1. The maximum atomic E-state index is 13.2. The number of nitrogens with zero attached hydrogens (tertiary/aromatic N) is 1. The van der Waals surface area contributed by atoms with Crippen LogP contribution >= 0.6 is 0 Å². The van der Waals surface area contributed by atoms with Crippen LogP contribution in [0.3, 0.4) is 0 Å². The van der Waals surface area contributed by atoms with Crippen molar-refractivity contribution >= 4 is 21.6 Å². The zero-order chi connectivity index (χ0) is 15.6. The van der Waals surface area contributed by atoms with Gasteiger partial charge in [0.05, 0.1) is 5.75 Å². The van der Waals surface area contributed by atoms with E-state index in [1.165, 1.54) is 24.0 Å². The van der Waals surface area contributed by atoms with Crippen LogP contribution in [0.5, 0.6) is 0 Å². The SMILES string of the molecule is CCS(=O)(=O)N[C@@H]1CCCN(c2ccc(F)cc2C)C1=O. The van der Waals surface area contributed by atoms with E-state index in [1.807, 2.05) is 0 Å². The van der Waals surface area contributed by atoms with Crippen LogP contribution in [-0.2, 0) is 14.8 Å². The molecule has 0 bridgehead atoms. The summed E-state index contributed by atoms with van der Waals surface area (Å²) in [5, 5.41) is 0. The van der Waals surface area contributed by atoms with E-state index in [9.17, 15) is 17.6 Å². The highest BCUT2D eigenvalue weighted by molar-refractivity contribution is 7.89. The summed E-state index contributed by atoms with van der Waals surface area (Å²) in [5.74, 6) is -0.705. The molecule has 0 aromatic heterocycles. The van der Waals surface area contributed by atoms with Gasteiger partial charge in [0, 0.05) is 12.2 Å². The number of carbonyl (C=O) groups is 1. The average Bonchev–Trinajstić information content (AvgIpc) is 2.42. The minimum atomic E-state index is -3.43. The number of piperidine rings is 1. The van der Waals surface area contributed by atoms with E-state index < -0.39 is 16.1 Å². The molecule has 0 spiro atoms. The fourth-order valence-electron chi connectivity index (χ4n) is 2.45. The van der Waals surface area contributed by atoms with Gasteiger partial charge in [-0.1, -0.05) is 0 Å². The summed E-state index contributed by atoms with van der Waals surface area (Å²) >= 11 is 0. The van der Waals surface area contributed by atoms with Gasteiger partial charge in [-0.2, -0.15) is 0 Å². The maximum Gasteiger partial charge on any atom is 0.245 e. The number of hydrogen-bond donors (Lipinski definition) is 1. The number of aryl methyl sites for hydroxylation is 1. The number of amides is 1. The first-order chi connectivity index (χ1) is 9.84. The fraction of sp³-hybridized carbons (Fsp3) is 0.500. The van der Waals surface area contributed by atoms with E-state index in [-0.39, 0.29) is 17.5 Å². The molecule has 116 valence electrons. The topological polar surface area (TPSA) is 66.5 Å². The second kappa shape index (κ2) is 6.11. The van der Waals surface area contributed by atoms with Gasteiger partial charge in [0.15, 0.2) is 0 Å². The fourth-order valence-corrected chi connectivity index (χ4v) is 3.26. The maximum absolute atomic E-state index is 13.2. The number of sulfonamides is 1. The van der Waals surface area contributed by atoms with E-state index in [1.54, 1.807) is 13.0 Å². The molecule has 2 rings (SSSR count). The molecule has 1 amide bonds. The molecule has 1 aliphatic heterocycles. The molecule has 1 aromatic rings. The van der Waals surface area contributed by atoms with Crippen molar-refractivity contribution in [1.29, 1.82) is 0 Å². The van der Waals surface area contributed by atoms with Crippen molar-refractivity contribution in [1.82, 2.24) is 4.72 Å². The Hall–Kier alpha value is -1.47. The van der Waals surface area contributed by atoms with Crippen molar-refractivity contribution < 1.29 is 17.6 Å². The molecule has 1 heterocycles. The molecule has 1 fully saturated rings. The lowest BCUT2D eigenvalue weighted by atomic mass is 10.0. The van der Waals surface area contributed by atoms with Crippen LogP contribution in [0.15, 0.2) is 18.2 Å².